The molecule has 1 fully saturated rings. The molecular weight excluding hydrogens is 282 g/mol. The molecule has 2 rings (SSSR count). The molecule has 0 amide bonds. The van der Waals surface area contributed by atoms with Gasteiger partial charge in [0.25, 0.3) is 0 Å². The Morgan fingerprint density at radius 1 is 1.24 bits per heavy atom. The second-order valence-corrected chi connectivity index (χ2v) is 8.64. The Hall–Kier alpha value is -0.870. The van der Waals surface area contributed by atoms with Crippen molar-refractivity contribution in [2.45, 2.75) is 46.6 Å². The Kier molecular flexibility index (Phi) is 5.10. The molecule has 1 aromatic carbocycles. The summed E-state index contributed by atoms with van der Waals surface area (Å²) in [5, 5.41) is 3.60. The van der Waals surface area contributed by atoms with Crippen LogP contribution in [0.4, 0.5) is 0 Å². The van der Waals surface area contributed by atoms with E-state index in [1.807, 2.05) is 0 Å². The van der Waals surface area contributed by atoms with Gasteiger partial charge in [0.1, 0.15) is 0 Å². The summed E-state index contributed by atoms with van der Waals surface area (Å²) >= 11 is 0. The summed E-state index contributed by atoms with van der Waals surface area (Å²) in [4.78, 5) is 0. The van der Waals surface area contributed by atoms with Crippen molar-refractivity contribution in [1.82, 2.24) is 5.32 Å². The summed E-state index contributed by atoms with van der Waals surface area (Å²) in [6.45, 7) is 9.45. The smallest absolute Gasteiger partial charge is 0.150 e. The molecule has 1 saturated heterocycles. The van der Waals surface area contributed by atoms with Gasteiger partial charge in [-0.05, 0) is 62.8 Å². The van der Waals surface area contributed by atoms with Gasteiger partial charge in [0, 0.05) is 6.04 Å². The fourth-order valence-electron chi connectivity index (χ4n) is 3.57. The molecule has 0 bridgehead atoms. The number of nitrogens with one attached hydrogen (secondary N) is 1. The van der Waals surface area contributed by atoms with Gasteiger partial charge < -0.3 is 5.32 Å². The molecule has 3 nitrogen and oxygen atoms in total. The van der Waals surface area contributed by atoms with Gasteiger partial charge in [0.15, 0.2) is 9.84 Å². The zero-order chi connectivity index (χ0) is 15.6. The first kappa shape index (κ1) is 16.5. The van der Waals surface area contributed by atoms with Crippen LogP contribution in [0.2, 0.25) is 0 Å². The minimum absolute atomic E-state index is 0.155. The molecule has 0 spiro atoms. The maximum Gasteiger partial charge on any atom is 0.150 e. The third-order valence-electron chi connectivity index (χ3n) is 4.40. The van der Waals surface area contributed by atoms with Crippen molar-refractivity contribution in [2.75, 3.05) is 18.1 Å². The first-order chi connectivity index (χ1) is 9.84. The zero-order valence-corrected chi connectivity index (χ0v) is 14.4. The Morgan fingerprint density at radius 2 is 1.86 bits per heavy atom. The fourth-order valence-corrected chi connectivity index (χ4v) is 5.41. The maximum absolute atomic E-state index is 11.8. The van der Waals surface area contributed by atoms with E-state index in [1.54, 1.807) is 0 Å². The molecule has 1 N–H and O–H groups in total. The maximum atomic E-state index is 11.8. The molecule has 2 unspecified atom stereocenters. The summed E-state index contributed by atoms with van der Waals surface area (Å²) in [5.41, 5.74) is 5.11. The van der Waals surface area contributed by atoms with Crippen LogP contribution in [0.1, 0.15) is 48.1 Å². The van der Waals surface area contributed by atoms with Crippen molar-refractivity contribution in [1.29, 1.82) is 0 Å². The van der Waals surface area contributed by atoms with E-state index in [9.17, 15) is 8.42 Å². The Morgan fingerprint density at radius 3 is 2.33 bits per heavy atom. The van der Waals surface area contributed by atoms with Crippen LogP contribution in [0.15, 0.2) is 12.1 Å². The van der Waals surface area contributed by atoms with Crippen LogP contribution in [0.5, 0.6) is 0 Å². The highest BCUT2D eigenvalue weighted by Gasteiger charge is 2.35. The summed E-state index contributed by atoms with van der Waals surface area (Å²) in [7, 11) is -2.85. The van der Waals surface area contributed by atoms with E-state index >= 15 is 0 Å². The number of aryl methyl sites for hydroxylation is 3. The SMILES string of the molecule is CCCNC(c1c(C)cc(C)cc1C)C1CCS(=O)(=O)C1. The van der Waals surface area contributed by atoms with Gasteiger partial charge in [0.2, 0.25) is 0 Å². The molecule has 1 aromatic rings. The minimum atomic E-state index is -2.85. The van der Waals surface area contributed by atoms with Crippen LogP contribution in [0, 0.1) is 26.7 Å². The fraction of sp³-hybridized carbons (Fsp3) is 0.647. The molecular formula is C17H27NO2S. The third-order valence-corrected chi connectivity index (χ3v) is 6.20. The molecule has 1 aliphatic rings. The highest BCUT2D eigenvalue weighted by Crippen LogP contribution is 2.35. The number of rotatable bonds is 5. The van der Waals surface area contributed by atoms with Gasteiger partial charge in [-0.15, -0.1) is 0 Å². The second kappa shape index (κ2) is 6.49. The van der Waals surface area contributed by atoms with Crippen LogP contribution in [0.3, 0.4) is 0 Å². The Balaban J connectivity index is 2.37. The lowest BCUT2D eigenvalue weighted by atomic mass is 9.86. The molecule has 118 valence electrons. The number of hydrogen-bond donors (Lipinski definition) is 1. The summed E-state index contributed by atoms with van der Waals surface area (Å²) in [6.07, 6.45) is 1.83. The monoisotopic (exact) mass is 309 g/mol. The van der Waals surface area contributed by atoms with Gasteiger partial charge in [-0.1, -0.05) is 24.6 Å². The van der Waals surface area contributed by atoms with E-state index in [-0.39, 0.29) is 12.0 Å². The molecule has 1 heterocycles. The van der Waals surface area contributed by atoms with Crippen LogP contribution in [0.25, 0.3) is 0 Å². The van der Waals surface area contributed by atoms with Gasteiger partial charge in [0.05, 0.1) is 11.5 Å². The summed E-state index contributed by atoms with van der Waals surface area (Å²) in [6, 6.07) is 4.56. The minimum Gasteiger partial charge on any atom is -0.310 e. The highest BCUT2D eigenvalue weighted by atomic mass is 32.2. The van der Waals surface area contributed by atoms with Crippen LogP contribution < -0.4 is 5.32 Å². The number of hydrogen-bond acceptors (Lipinski definition) is 3. The molecule has 1 aliphatic heterocycles. The quantitative estimate of drug-likeness (QED) is 0.909. The number of sulfone groups is 1. The van der Waals surface area contributed by atoms with Gasteiger partial charge >= 0.3 is 0 Å². The third kappa shape index (κ3) is 3.86. The average Bonchev–Trinajstić information content (AvgIpc) is 2.72. The molecule has 2 atom stereocenters. The van der Waals surface area contributed by atoms with Gasteiger partial charge in [-0.25, -0.2) is 8.42 Å². The van der Waals surface area contributed by atoms with E-state index in [0.29, 0.717) is 11.5 Å². The topological polar surface area (TPSA) is 46.2 Å². The van der Waals surface area contributed by atoms with Crippen LogP contribution >= 0.6 is 0 Å². The predicted molar refractivity (Wildman–Crippen MR) is 88.4 cm³/mol. The summed E-state index contributed by atoms with van der Waals surface area (Å²) < 4.78 is 23.7. The Labute approximate surface area is 129 Å². The van der Waals surface area contributed by atoms with E-state index < -0.39 is 9.84 Å². The summed E-state index contributed by atoms with van der Waals surface area (Å²) in [5.74, 6) is 0.856. The van der Waals surface area contributed by atoms with Crippen molar-refractivity contribution in [3.63, 3.8) is 0 Å². The normalized spacial score (nSPS) is 22.4. The highest BCUT2D eigenvalue weighted by molar-refractivity contribution is 7.91. The molecule has 0 aliphatic carbocycles. The molecule has 0 saturated carbocycles. The first-order valence-electron chi connectivity index (χ1n) is 7.85. The lowest BCUT2D eigenvalue weighted by Gasteiger charge is -2.28. The largest absolute Gasteiger partial charge is 0.310 e. The average molecular weight is 309 g/mol. The van der Waals surface area contributed by atoms with Crippen molar-refractivity contribution in [2.24, 2.45) is 5.92 Å². The lowest BCUT2D eigenvalue weighted by molar-refractivity contribution is 0.390. The van der Waals surface area contributed by atoms with Crippen molar-refractivity contribution < 1.29 is 8.42 Å². The first-order valence-corrected chi connectivity index (χ1v) is 9.67. The number of benzene rings is 1. The van der Waals surface area contributed by atoms with Crippen molar-refractivity contribution in [3.8, 4) is 0 Å². The lowest BCUT2D eigenvalue weighted by Crippen LogP contribution is -2.31. The predicted octanol–water partition coefficient (Wildman–Crippen LogP) is 3.09. The van der Waals surface area contributed by atoms with E-state index in [4.69, 9.17) is 0 Å². The zero-order valence-electron chi connectivity index (χ0n) is 13.6. The van der Waals surface area contributed by atoms with E-state index in [1.165, 1.54) is 22.3 Å². The van der Waals surface area contributed by atoms with Gasteiger partial charge in [-0.3, -0.25) is 0 Å². The van der Waals surface area contributed by atoms with Crippen molar-refractivity contribution in [3.05, 3.63) is 34.4 Å². The van der Waals surface area contributed by atoms with E-state index in [0.717, 1.165) is 19.4 Å². The van der Waals surface area contributed by atoms with Crippen molar-refractivity contribution >= 4 is 9.84 Å². The molecule has 0 aromatic heterocycles. The van der Waals surface area contributed by atoms with Crippen LogP contribution in [-0.4, -0.2) is 26.5 Å². The standard InChI is InChI=1S/C17H27NO2S/c1-5-7-18-17(15-6-8-21(19,20)11-15)16-13(3)9-12(2)10-14(16)4/h9-10,15,17-18H,5-8,11H2,1-4H3. The van der Waals surface area contributed by atoms with Crippen LogP contribution in [-0.2, 0) is 9.84 Å². The van der Waals surface area contributed by atoms with Gasteiger partial charge in [-0.2, -0.15) is 0 Å². The Bertz CT molecular complexity index is 584. The molecule has 0 radical (unpaired) electrons. The van der Waals surface area contributed by atoms with E-state index in [2.05, 4.69) is 45.1 Å². The molecule has 21 heavy (non-hydrogen) atoms. The molecule has 4 heteroatoms. The second-order valence-electron chi connectivity index (χ2n) is 6.41.